The molecule has 2 aromatic heterocycles. The number of hydrogen-bond acceptors (Lipinski definition) is 4. The van der Waals surface area contributed by atoms with E-state index in [4.69, 9.17) is 10.8 Å². The number of fused-ring (bicyclic) bond motifs is 2. The van der Waals surface area contributed by atoms with Crippen LogP contribution in [0.25, 0.3) is 33.2 Å². The van der Waals surface area contributed by atoms with Gasteiger partial charge >= 0.3 is 5.97 Å². The van der Waals surface area contributed by atoms with E-state index in [-0.39, 0.29) is 5.56 Å². The summed E-state index contributed by atoms with van der Waals surface area (Å²) in [6.45, 7) is 0.604. The van der Waals surface area contributed by atoms with Gasteiger partial charge in [-0.2, -0.15) is 0 Å². The van der Waals surface area contributed by atoms with Crippen LogP contribution >= 0.6 is 0 Å². The van der Waals surface area contributed by atoms with E-state index in [0.29, 0.717) is 30.6 Å². The molecule has 7 heteroatoms. The van der Waals surface area contributed by atoms with Crippen LogP contribution in [0.2, 0.25) is 0 Å². The zero-order valence-electron chi connectivity index (χ0n) is 15.1. The third-order valence-corrected chi connectivity index (χ3v) is 4.87. The standard InChI is InChI=1S/C21H20N4O3/c22-15(21(27)28)7-5-11-25-12-14(13-6-1-4-10-18(13)25)19-20(26)24-17-9-3-2-8-16(17)23-19/h1-4,6,8-10,12,15H,5,7,11,22H2,(H,24,26)(H,27,28). The molecule has 4 N–H and O–H groups in total. The number of aromatic amines is 1. The molecule has 7 nitrogen and oxygen atoms in total. The van der Waals surface area contributed by atoms with Crippen LogP contribution in [0.15, 0.2) is 59.5 Å². The maximum atomic E-state index is 12.7. The van der Waals surface area contributed by atoms with Crippen LogP contribution < -0.4 is 11.3 Å². The molecule has 142 valence electrons. The molecule has 4 aromatic rings. The number of nitrogens with zero attached hydrogens (tertiary/aromatic N) is 2. The Hall–Kier alpha value is -3.45. The number of carboxylic acid groups (broad SMARTS) is 1. The fraction of sp³-hybridized carbons (Fsp3) is 0.190. The van der Waals surface area contributed by atoms with E-state index in [2.05, 4.69) is 9.97 Å². The Bertz CT molecular complexity index is 1230. The van der Waals surface area contributed by atoms with Crippen LogP contribution in [-0.4, -0.2) is 31.7 Å². The van der Waals surface area contributed by atoms with Crippen LogP contribution in [0.1, 0.15) is 12.8 Å². The molecule has 1 atom stereocenters. The molecule has 0 bridgehead atoms. The molecule has 0 aliphatic heterocycles. The van der Waals surface area contributed by atoms with Gasteiger partial charge in [0.1, 0.15) is 11.7 Å². The molecule has 0 fully saturated rings. The zero-order chi connectivity index (χ0) is 19.7. The summed E-state index contributed by atoms with van der Waals surface area (Å²) in [5, 5.41) is 9.87. The molecule has 0 aliphatic rings. The summed E-state index contributed by atoms with van der Waals surface area (Å²) in [4.78, 5) is 31.0. The Balaban J connectivity index is 1.75. The molecule has 0 radical (unpaired) electrons. The van der Waals surface area contributed by atoms with Gasteiger partial charge in [0.15, 0.2) is 0 Å². The molecule has 2 heterocycles. The number of aryl methyl sites for hydroxylation is 1. The van der Waals surface area contributed by atoms with Gasteiger partial charge in [0.25, 0.3) is 5.56 Å². The van der Waals surface area contributed by atoms with Crippen LogP contribution in [0.5, 0.6) is 0 Å². The van der Waals surface area contributed by atoms with Gasteiger partial charge in [-0.3, -0.25) is 9.59 Å². The monoisotopic (exact) mass is 376 g/mol. The summed E-state index contributed by atoms with van der Waals surface area (Å²) in [6.07, 6.45) is 2.91. The zero-order valence-corrected chi connectivity index (χ0v) is 15.1. The maximum Gasteiger partial charge on any atom is 0.320 e. The van der Waals surface area contributed by atoms with E-state index >= 15 is 0 Å². The van der Waals surface area contributed by atoms with Crippen molar-refractivity contribution >= 4 is 27.9 Å². The van der Waals surface area contributed by atoms with E-state index in [1.807, 2.05) is 59.3 Å². The number of carbonyl (C=O) groups is 1. The number of nitrogens with one attached hydrogen (secondary N) is 1. The molecule has 0 amide bonds. The van der Waals surface area contributed by atoms with E-state index in [1.54, 1.807) is 0 Å². The highest BCUT2D eigenvalue weighted by molar-refractivity contribution is 5.95. The van der Waals surface area contributed by atoms with Crippen LogP contribution in [0, 0.1) is 0 Å². The Morgan fingerprint density at radius 2 is 1.93 bits per heavy atom. The summed E-state index contributed by atoms with van der Waals surface area (Å²) >= 11 is 0. The van der Waals surface area contributed by atoms with E-state index in [0.717, 1.165) is 22.0 Å². The van der Waals surface area contributed by atoms with Gasteiger partial charge in [0.05, 0.1) is 11.0 Å². The molecule has 4 rings (SSSR count). The Morgan fingerprint density at radius 3 is 2.75 bits per heavy atom. The van der Waals surface area contributed by atoms with E-state index in [9.17, 15) is 9.59 Å². The number of aliphatic carboxylic acids is 1. The summed E-state index contributed by atoms with van der Waals surface area (Å²) < 4.78 is 2.02. The van der Waals surface area contributed by atoms with Crippen LogP contribution in [0.4, 0.5) is 0 Å². The van der Waals surface area contributed by atoms with E-state index in [1.165, 1.54) is 0 Å². The first-order valence-corrected chi connectivity index (χ1v) is 9.10. The van der Waals surface area contributed by atoms with Crippen molar-refractivity contribution in [3.8, 4) is 11.3 Å². The van der Waals surface area contributed by atoms with Crippen molar-refractivity contribution in [1.29, 1.82) is 0 Å². The molecule has 1 unspecified atom stereocenters. The minimum Gasteiger partial charge on any atom is -0.480 e. The smallest absolute Gasteiger partial charge is 0.320 e. The average Bonchev–Trinajstić information content (AvgIpc) is 3.06. The fourth-order valence-corrected chi connectivity index (χ4v) is 3.44. The van der Waals surface area contributed by atoms with Crippen LogP contribution in [-0.2, 0) is 11.3 Å². The summed E-state index contributed by atoms with van der Waals surface area (Å²) in [7, 11) is 0. The maximum absolute atomic E-state index is 12.7. The van der Waals surface area contributed by atoms with Gasteiger partial charge in [0, 0.05) is 29.2 Å². The molecule has 28 heavy (non-hydrogen) atoms. The van der Waals surface area contributed by atoms with Gasteiger partial charge in [-0.1, -0.05) is 30.3 Å². The number of benzene rings is 2. The van der Waals surface area contributed by atoms with Crippen molar-refractivity contribution in [2.45, 2.75) is 25.4 Å². The van der Waals surface area contributed by atoms with Crippen molar-refractivity contribution in [2.24, 2.45) is 5.73 Å². The van der Waals surface area contributed by atoms with Crippen molar-refractivity contribution in [1.82, 2.24) is 14.5 Å². The van der Waals surface area contributed by atoms with Gasteiger partial charge in [-0.05, 0) is 31.0 Å². The molecule has 0 saturated carbocycles. The average molecular weight is 376 g/mol. The first kappa shape index (κ1) is 17.9. The van der Waals surface area contributed by atoms with Crippen molar-refractivity contribution < 1.29 is 9.90 Å². The number of H-pyrrole nitrogens is 1. The van der Waals surface area contributed by atoms with Crippen molar-refractivity contribution in [2.75, 3.05) is 0 Å². The topological polar surface area (TPSA) is 114 Å². The lowest BCUT2D eigenvalue weighted by atomic mass is 10.1. The fourth-order valence-electron chi connectivity index (χ4n) is 3.44. The number of nitrogens with two attached hydrogens (primary N) is 1. The molecule has 0 aliphatic carbocycles. The first-order valence-electron chi connectivity index (χ1n) is 9.10. The Kier molecular flexibility index (Phi) is 4.67. The number of hydrogen-bond donors (Lipinski definition) is 3. The van der Waals surface area contributed by atoms with Crippen molar-refractivity contribution in [3.05, 3.63) is 65.1 Å². The highest BCUT2D eigenvalue weighted by Gasteiger charge is 2.16. The lowest BCUT2D eigenvalue weighted by Crippen LogP contribution is -2.30. The second-order valence-electron chi connectivity index (χ2n) is 6.77. The lowest BCUT2D eigenvalue weighted by Gasteiger charge is -2.08. The Morgan fingerprint density at radius 1 is 1.18 bits per heavy atom. The van der Waals surface area contributed by atoms with Crippen molar-refractivity contribution in [3.63, 3.8) is 0 Å². The summed E-state index contributed by atoms with van der Waals surface area (Å²) in [5.74, 6) is -0.995. The van der Waals surface area contributed by atoms with Crippen LogP contribution in [0.3, 0.4) is 0 Å². The number of carboxylic acids is 1. The summed E-state index contributed by atoms with van der Waals surface area (Å²) in [5.41, 5.74) is 8.87. The molecule has 2 aromatic carbocycles. The molecule has 0 saturated heterocycles. The molecular weight excluding hydrogens is 356 g/mol. The Labute approximate surface area is 160 Å². The molecular formula is C21H20N4O3. The minimum atomic E-state index is -0.995. The predicted molar refractivity (Wildman–Crippen MR) is 108 cm³/mol. The number of rotatable bonds is 6. The second kappa shape index (κ2) is 7.28. The van der Waals surface area contributed by atoms with E-state index < -0.39 is 12.0 Å². The number of aromatic nitrogens is 3. The molecule has 0 spiro atoms. The summed E-state index contributed by atoms with van der Waals surface area (Å²) in [6, 6.07) is 14.3. The first-order chi connectivity index (χ1) is 13.5. The predicted octanol–water partition coefficient (Wildman–Crippen LogP) is 2.74. The normalized spacial score (nSPS) is 12.5. The highest BCUT2D eigenvalue weighted by Crippen LogP contribution is 2.28. The largest absolute Gasteiger partial charge is 0.480 e. The SMILES string of the molecule is NC(CCCn1cc(-c2nc3ccccc3[nH]c2=O)c2ccccc21)C(=O)O. The third kappa shape index (κ3) is 3.27. The third-order valence-electron chi connectivity index (χ3n) is 4.87. The quantitative estimate of drug-likeness (QED) is 0.479. The van der Waals surface area contributed by atoms with Gasteiger partial charge < -0.3 is 20.4 Å². The lowest BCUT2D eigenvalue weighted by molar-refractivity contribution is -0.138. The number of para-hydroxylation sites is 3. The van der Waals surface area contributed by atoms with Gasteiger partial charge in [-0.15, -0.1) is 0 Å². The minimum absolute atomic E-state index is 0.241. The van der Waals surface area contributed by atoms with Gasteiger partial charge in [0.2, 0.25) is 0 Å². The highest BCUT2D eigenvalue weighted by atomic mass is 16.4. The second-order valence-corrected chi connectivity index (χ2v) is 6.77. The van der Waals surface area contributed by atoms with Gasteiger partial charge in [-0.25, -0.2) is 4.98 Å².